The molecule has 0 bridgehead atoms. The number of carbonyl (C=O) groups excluding carboxylic acids is 2. The summed E-state index contributed by atoms with van der Waals surface area (Å²) < 4.78 is 11.3. The Balaban J connectivity index is 2.19. The lowest BCUT2D eigenvalue weighted by molar-refractivity contribution is 0.0549. The van der Waals surface area contributed by atoms with Gasteiger partial charge >= 0.3 is 11.9 Å². The molecule has 0 aliphatic heterocycles. The number of aromatic nitrogens is 2. The smallest absolute Gasteiger partial charge is 0.357 e. The fourth-order valence-corrected chi connectivity index (χ4v) is 3.56. The predicted octanol–water partition coefficient (Wildman–Crippen LogP) is 4.18. The van der Waals surface area contributed by atoms with Gasteiger partial charge < -0.3 is 14.4 Å². The SMILES string of the molecule is CCN(CCCl)c1ccc(-c2nn(-c3ccccc3)c(C(=O)OC)c2C(=O)OC)cc1. The minimum atomic E-state index is -0.682. The summed E-state index contributed by atoms with van der Waals surface area (Å²) in [5.74, 6) is -0.829. The maximum absolute atomic E-state index is 12.7. The monoisotopic (exact) mass is 441 g/mol. The molecule has 3 rings (SSSR count). The molecule has 7 nitrogen and oxygen atoms in total. The number of alkyl halides is 1. The van der Waals surface area contributed by atoms with Gasteiger partial charge in [-0.05, 0) is 31.2 Å². The topological polar surface area (TPSA) is 73.7 Å². The maximum Gasteiger partial charge on any atom is 0.357 e. The normalized spacial score (nSPS) is 10.6. The third kappa shape index (κ3) is 4.56. The fourth-order valence-electron chi connectivity index (χ4n) is 3.36. The number of nitrogens with zero attached hydrogens (tertiary/aromatic N) is 3. The van der Waals surface area contributed by atoms with Crippen LogP contribution in [0.4, 0.5) is 5.69 Å². The molecule has 0 radical (unpaired) electrons. The second-order valence-corrected chi connectivity index (χ2v) is 7.00. The van der Waals surface area contributed by atoms with Crippen LogP contribution in [-0.2, 0) is 9.47 Å². The Morgan fingerprint density at radius 3 is 2.19 bits per heavy atom. The third-order valence-corrected chi connectivity index (χ3v) is 5.07. The Kier molecular flexibility index (Phi) is 7.31. The summed E-state index contributed by atoms with van der Waals surface area (Å²) in [4.78, 5) is 27.5. The van der Waals surface area contributed by atoms with Gasteiger partial charge in [-0.15, -0.1) is 11.6 Å². The van der Waals surface area contributed by atoms with Crippen LogP contribution in [0.25, 0.3) is 16.9 Å². The van der Waals surface area contributed by atoms with Crippen LogP contribution in [0.3, 0.4) is 0 Å². The Labute approximate surface area is 186 Å². The summed E-state index contributed by atoms with van der Waals surface area (Å²) in [5, 5.41) is 4.60. The number of rotatable bonds is 8. The number of anilines is 1. The van der Waals surface area contributed by atoms with Crippen molar-refractivity contribution < 1.29 is 19.1 Å². The summed E-state index contributed by atoms with van der Waals surface area (Å²) in [6, 6.07) is 16.7. The molecule has 0 N–H and O–H groups in total. The highest BCUT2D eigenvalue weighted by molar-refractivity contribution is 6.18. The lowest BCUT2D eigenvalue weighted by atomic mass is 10.0. The molecule has 1 heterocycles. The number of methoxy groups -OCH3 is 2. The summed E-state index contributed by atoms with van der Waals surface area (Å²) in [6.45, 7) is 3.59. The van der Waals surface area contributed by atoms with E-state index in [1.165, 1.54) is 18.9 Å². The molecule has 8 heteroatoms. The van der Waals surface area contributed by atoms with E-state index >= 15 is 0 Å². The molecule has 0 aliphatic rings. The molecule has 31 heavy (non-hydrogen) atoms. The summed E-state index contributed by atoms with van der Waals surface area (Å²) in [5.41, 5.74) is 2.70. The van der Waals surface area contributed by atoms with Crippen molar-refractivity contribution >= 4 is 29.2 Å². The molecule has 0 fully saturated rings. The molecule has 0 atom stereocenters. The predicted molar refractivity (Wildman–Crippen MR) is 120 cm³/mol. The molecule has 0 saturated heterocycles. The number of para-hydroxylation sites is 1. The fraction of sp³-hybridized carbons (Fsp3) is 0.261. The Hall–Kier alpha value is -3.32. The number of ether oxygens (including phenoxy) is 2. The van der Waals surface area contributed by atoms with Crippen molar-refractivity contribution in [2.75, 3.05) is 38.1 Å². The van der Waals surface area contributed by atoms with Gasteiger partial charge in [0.1, 0.15) is 11.3 Å². The van der Waals surface area contributed by atoms with Crippen LogP contribution in [0.5, 0.6) is 0 Å². The van der Waals surface area contributed by atoms with E-state index in [-0.39, 0.29) is 11.3 Å². The summed E-state index contributed by atoms with van der Waals surface area (Å²) >= 11 is 5.90. The minimum absolute atomic E-state index is 0.0111. The first-order valence-corrected chi connectivity index (χ1v) is 10.4. The number of hydrogen-bond acceptors (Lipinski definition) is 6. The van der Waals surface area contributed by atoms with E-state index in [4.69, 9.17) is 21.1 Å². The van der Waals surface area contributed by atoms with Gasteiger partial charge in [0.2, 0.25) is 0 Å². The van der Waals surface area contributed by atoms with Crippen LogP contribution in [0, 0.1) is 0 Å². The van der Waals surface area contributed by atoms with E-state index < -0.39 is 11.9 Å². The average molecular weight is 442 g/mol. The highest BCUT2D eigenvalue weighted by Crippen LogP contribution is 2.30. The third-order valence-electron chi connectivity index (χ3n) is 4.90. The Bertz CT molecular complexity index is 1050. The van der Waals surface area contributed by atoms with Crippen molar-refractivity contribution in [1.29, 1.82) is 0 Å². The lowest BCUT2D eigenvalue weighted by Gasteiger charge is -2.22. The second kappa shape index (κ2) is 10.1. The van der Waals surface area contributed by atoms with Crippen LogP contribution in [0.1, 0.15) is 27.8 Å². The quantitative estimate of drug-likeness (QED) is 0.385. The molecule has 162 valence electrons. The van der Waals surface area contributed by atoms with E-state index in [0.29, 0.717) is 22.8 Å². The van der Waals surface area contributed by atoms with Gasteiger partial charge in [-0.1, -0.05) is 30.3 Å². The highest BCUT2D eigenvalue weighted by atomic mass is 35.5. The van der Waals surface area contributed by atoms with Crippen molar-refractivity contribution in [3.05, 3.63) is 65.9 Å². The van der Waals surface area contributed by atoms with E-state index in [9.17, 15) is 9.59 Å². The van der Waals surface area contributed by atoms with Crippen molar-refractivity contribution in [2.24, 2.45) is 0 Å². The largest absolute Gasteiger partial charge is 0.465 e. The van der Waals surface area contributed by atoms with Crippen LogP contribution < -0.4 is 4.90 Å². The molecular weight excluding hydrogens is 418 g/mol. The lowest BCUT2D eigenvalue weighted by Crippen LogP contribution is -2.24. The number of halogens is 1. The number of esters is 2. The first-order valence-electron chi connectivity index (χ1n) is 9.82. The summed E-state index contributed by atoms with van der Waals surface area (Å²) in [7, 11) is 2.53. The van der Waals surface area contributed by atoms with Crippen molar-refractivity contribution in [1.82, 2.24) is 9.78 Å². The summed E-state index contributed by atoms with van der Waals surface area (Å²) in [6.07, 6.45) is 0. The van der Waals surface area contributed by atoms with Crippen LogP contribution in [0.2, 0.25) is 0 Å². The van der Waals surface area contributed by atoms with Gasteiger partial charge in [0.25, 0.3) is 0 Å². The molecular formula is C23H24ClN3O4. The van der Waals surface area contributed by atoms with Crippen LogP contribution in [-0.4, -0.2) is 54.9 Å². The van der Waals surface area contributed by atoms with Gasteiger partial charge in [-0.2, -0.15) is 5.10 Å². The van der Waals surface area contributed by atoms with E-state index in [1.54, 1.807) is 12.1 Å². The van der Waals surface area contributed by atoms with Gasteiger partial charge in [-0.3, -0.25) is 0 Å². The van der Waals surface area contributed by atoms with E-state index in [0.717, 1.165) is 18.8 Å². The zero-order valence-corrected chi connectivity index (χ0v) is 18.4. The Morgan fingerprint density at radius 1 is 1.00 bits per heavy atom. The Morgan fingerprint density at radius 2 is 1.65 bits per heavy atom. The van der Waals surface area contributed by atoms with Crippen LogP contribution in [0.15, 0.2) is 54.6 Å². The molecule has 3 aromatic rings. The van der Waals surface area contributed by atoms with Gasteiger partial charge in [-0.25, -0.2) is 14.3 Å². The van der Waals surface area contributed by atoms with E-state index in [1.807, 2.05) is 42.5 Å². The molecule has 0 aliphatic carbocycles. The van der Waals surface area contributed by atoms with Gasteiger partial charge in [0.15, 0.2) is 5.69 Å². The van der Waals surface area contributed by atoms with E-state index in [2.05, 4.69) is 16.9 Å². The number of hydrogen-bond donors (Lipinski definition) is 0. The van der Waals surface area contributed by atoms with Crippen molar-refractivity contribution in [3.63, 3.8) is 0 Å². The highest BCUT2D eigenvalue weighted by Gasteiger charge is 2.31. The van der Waals surface area contributed by atoms with Gasteiger partial charge in [0.05, 0.1) is 19.9 Å². The molecule has 0 saturated carbocycles. The minimum Gasteiger partial charge on any atom is -0.465 e. The standard InChI is InChI=1S/C23H24ClN3O4/c1-4-26(15-14-24)17-12-10-16(11-13-17)20-19(22(28)30-2)21(23(29)31-3)27(25-20)18-8-6-5-7-9-18/h5-13H,4,14-15H2,1-3H3. The van der Waals surface area contributed by atoms with Crippen molar-refractivity contribution in [2.45, 2.75) is 6.92 Å². The molecule has 0 unspecified atom stereocenters. The maximum atomic E-state index is 12.7. The molecule has 0 spiro atoms. The number of benzene rings is 2. The zero-order chi connectivity index (χ0) is 22.4. The second-order valence-electron chi connectivity index (χ2n) is 6.62. The molecule has 0 amide bonds. The zero-order valence-electron chi connectivity index (χ0n) is 17.7. The number of carbonyl (C=O) groups is 2. The molecule has 1 aromatic heterocycles. The molecule has 2 aromatic carbocycles. The first-order chi connectivity index (χ1) is 15.0. The van der Waals surface area contributed by atoms with Crippen molar-refractivity contribution in [3.8, 4) is 16.9 Å². The first kappa shape index (κ1) is 22.4. The van der Waals surface area contributed by atoms with Gasteiger partial charge in [0, 0.05) is 30.2 Å². The van der Waals surface area contributed by atoms with Crippen LogP contribution >= 0.6 is 11.6 Å². The average Bonchev–Trinajstić information content (AvgIpc) is 3.23.